The number of carbonyl (C=O) groups is 2. The normalized spacial score (nSPS) is 14.7. The number of ether oxygens (including phenoxy) is 2. The highest BCUT2D eigenvalue weighted by molar-refractivity contribution is 9.11. The monoisotopic (exact) mass is 709 g/mol. The van der Waals surface area contributed by atoms with Crippen molar-refractivity contribution in [1.29, 1.82) is 0 Å². The summed E-state index contributed by atoms with van der Waals surface area (Å²) < 4.78 is 14.2. The highest BCUT2D eigenvalue weighted by Crippen LogP contribution is 2.34. The number of nitrogens with zero attached hydrogens (tertiary/aromatic N) is 2. The maximum atomic E-state index is 14.1. The Labute approximate surface area is 262 Å². The molecule has 0 saturated carbocycles. The van der Waals surface area contributed by atoms with Gasteiger partial charge in [-0.3, -0.25) is 19.0 Å². The molecule has 214 valence electrons. The second kappa shape index (κ2) is 12.6. The molecule has 42 heavy (non-hydrogen) atoms. The van der Waals surface area contributed by atoms with E-state index in [0.717, 1.165) is 10.0 Å². The Morgan fingerprint density at radius 2 is 1.81 bits per heavy atom. The predicted molar refractivity (Wildman–Crippen MR) is 170 cm³/mol. The van der Waals surface area contributed by atoms with Crippen LogP contribution >= 0.6 is 43.2 Å². The molecule has 4 aromatic rings. The zero-order valence-electron chi connectivity index (χ0n) is 22.8. The van der Waals surface area contributed by atoms with Crippen LogP contribution in [0.4, 0.5) is 5.69 Å². The first-order valence-corrected chi connectivity index (χ1v) is 15.4. The third kappa shape index (κ3) is 6.18. The van der Waals surface area contributed by atoms with Crippen molar-refractivity contribution in [2.75, 3.05) is 11.9 Å². The number of allylic oxidation sites excluding steroid dienone is 1. The summed E-state index contributed by atoms with van der Waals surface area (Å²) in [5, 5.41) is 2.95. The lowest BCUT2D eigenvalue weighted by molar-refractivity contribution is -0.132. The van der Waals surface area contributed by atoms with Gasteiger partial charge in [0.25, 0.3) is 11.5 Å². The van der Waals surface area contributed by atoms with Crippen LogP contribution in [0.2, 0.25) is 0 Å². The number of carbonyl (C=O) groups excluding carboxylic acids is 2. The molecule has 0 radical (unpaired) electrons. The number of thiazole rings is 1. The molecular formula is C31H25Br2N3O5S. The highest BCUT2D eigenvalue weighted by atomic mass is 79.9. The molecule has 11 heteroatoms. The molecule has 0 aliphatic carbocycles. The second-order valence-corrected chi connectivity index (χ2v) is 12.1. The Hall–Kier alpha value is -3.80. The quantitative estimate of drug-likeness (QED) is 0.195. The lowest BCUT2D eigenvalue weighted by atomic mass is 9.95. The molecule has 8 nitrogen and oxygen atoms in total. The van der Waals surface area contributed by atoms with E-state index in [-0.39, 0.29) is 11.5 Å². The van der Waals surface area contributed by atoms with Crippen molar-refractivity contribution < 1.29 is 19.1 Å². The fourth-order valence-corrected chi connectivity index (χ4v) is 7.02. The number of nitrogens with one attached hydrogen (secondary N) is 1. The van der Waals surface area contributed by atoms with E-state index >= 15 is 0 Å². The van der Waals surface area contributed by atoms with Gasteiger partial charge in [0.1, 0.15) is 5.75 Å². The number of aromatic nitrogens is 1. The third-order valence-electron chi connectivity index (χ3n) is 6.37. The van der Waals surface area contributed by atoms with Crippen molar-refractivity contribution in [3.63, 3.8) is 0 Å². The summed E-state index contributed by atoms with van der Waals surface area (Å²) in [4.78, 5) is 44.8. The van der Waals surface area contributed by atoms with Crippen LogP contribution in [0, 0.1) is 0 Å². The molecule has 2 heterocycles. The summed E-state index contributed by atoms with van der Waals surface area (Å²) >= 11 is 8.11. The van der Waals surface area contributed by atoms with Crippen LogP contribution in [0.25, 0.3) is 6.08 Å². The van der Waals surface area contributed by atoms with Gasteiger partial charge >= 0.3 is 5.97 Å². The minimum atomic E-state index is -0.745. The largest absolute Gasteiger partial charge is 0.494 e. The number of hydrogen-bond donors (Lipinski definition) is 1. The number of rotatable bonds is 7. The Bertz CT molecular complexity index is 1900. The van der Waals surface area contributed by atoms with Gasteiger partial charge in [0, 0.05) is 22.6 Å². The van der Waals surface area contributed by atoms with Crippen molar-refractivity contribution >= 4 is 66.8 Å². The van der Waals surface area contributed by atoms with Gasteiger partial charge in [-0.25, -0.2) is 4.99 Å². The molecule has 0 spiro atoms. The number of anilines is 1. The van der Waals surface area contributed by atoms with Gasteiger partial charge in [-0.2, -0.15) is 0 Å². The van der Waals surface area contributed by atoms with Crippen LogP contribution in [0.15, 0.2) is 96.7 Å². The van der Waals surface area contributed by atoms with E-state index in [2.05, 4.69) is 37.2 Å². The number of hydrogen-bond acceptors (Lipinski definition) is 7. The van der Waals surface area contributed by atoms with E-state index in [1.807, 2.05) is 49.4 Å². The van der Waals surface area contributed by atoms with Crippen LogP contribution < -0.4 is 29.7 Å². The van der Waals surface area contributed by atoms with E-state index in [1.54, 1.807) is 37.3 Å². The van der Waals surface area contributed by atoms with Gasteiger partial charge in [-0.05, 0) is 77.8 Å². The summed E-state index contributed by atoms with van der Waals surface area (Å²) in [6, 6.07) is 19.2. The SMILES string of the molecule is CCOc1ccc([C@H]2C(C(=O)Nc3ccccc3)=C(C)N=c3s/c(=C\c4cc(Br)cc(Br)c4OC(C)=O)c(=O)n32)cc1. The molecule has 3 aromatic carbocycles. The maximum absolute atomic E-state index is 14.1. The van der Waals surface area contributed by atoms with Crippen LogP contribution in [0.1, 0.15) is 37.9 Å². The van der Waals surface area contributed by atoms with Gasteiger partial charge in [-0.15, -0.1) is 0 Å². The number of halogens is 2. The third-order valence-corrected chi connectivity index (χ3v) is 8.40. The topological polar surface area (TPSA) is 99.0 Å². The van der Waals surface area contributed by atoms with Gasteiger partial charge in [0.05, 0.1) is 32.9 Å². The second-order valence-electron chi connectivity index (χ2n) is 9.30. The number of benzene rings is 3. The van der Waals surface area contributed by atoms with Crippen molar-refractivity contribution in [2.45, 2.75) is 26.8 Å². The molecular weight excluding hydrogens is 686 g/mol. The van der Waals surface area contributed by atoms with E-state index in [1.165, 1.54) is 22.8 Å². The van der Waals surface area contributed by atoms with Crippen molar-refractivity contribution in [2.24, 2.45) is 4.99 Å². The van der Waals surface area contributed by atoms with Gasteiger partial charge in [0.2, 0.25) is 0 Å². The van der Waals surface area contributed by atoms with Crippen LogP contribution in [-0.2, 0) is 9.59 Å². The van der Waals surface area contributed by atoms with E-state index in [9.17, 15) is 14.4 Å². The number of amides is 1. The average Bonchev–Trinajstić information content (AvgIpc) is 3.25. The van der Waals surface area contributed by atoms with Gasteiger partial charge < -0.3 is 14.8 Å². The lowest BCUT2D eigenvalue weighted by Gasteiger charge is -2.25. The number of para-hydroxylation sites is 1. The zero-order valence-corrected chi connectivity index (χ0v) is 26.8. The van der Waals surface area contributed by atoms with Crippen molar-refractivity contribution in [1.82, 2.24) is 4.57 Å². The molecule has 0 saturated heterocycles. The van der Waals surface area contributed by atoms with E-state index in [4.69, 9.17) is 14.5 Å². The van der Waals surface area contributed by atoms with E-state index in [0.29, 0.717) is 54.4 Å². The fourth-order valence-electron chi connectivity index (χ4n) is 4.64. The Morgan fingerprint density at radius 3 is 2.48 bits per heavy atom. The van der Waals surface area contributed by atoms with E-state index < -0.39 is 12.0 Å². The average molecular weight is 711 g/mol. The van der Waals surface area contributed by atoms with Crippen molar-refractivity contribution in [3.05, 3.63) is 118 Å². The van der Waals surface area contributed by atoms with Crippen LogP contribution in [0.5, 0.6) is 11.5 Å². The summed E-state index contributed by atoms with van der Waals surface area (Å²) in [6.07, 6.45) is 1.66. The molecule has 1 aliphatic rings. The zero-order chi connectivity index (χ0) is 30.0. The van der Waals surface area contributed by atoms with Crippen molar-refractivity contribution in [3.8, 4) is 11.5 Å². The Kier molecular flexibility index (Phi) is 8.91. The summed E-state index contributed by atoms with van der Waals surface area (Å²) in [7, 11) is 0. The molecule has 0 bridgehead atoms. The standard InChI is InChI=1S/C31H25Br2N3O5S/c1-4-40-23-12-10-19(11-13-23)27-26(29(38)35-22-8-6-5-7-9-22)17(2)34-31-36(27)30(39)25(42-31)15-20-14-21(32)16-24(33)28(20)41-18(3)37/h5-16,27H,4H2,1-3H3,(H,35,38)/b25-15-/t27-/m0/s1. The van der Waals surface area contributed by atoms with Crippen LogP contribution in [-0.4, -0.2) is 23.1 Å². The molecule has 5 rings (SSSR count). The molecule has 1 amide bonds. The highest BCUT2D eigenvalue weighted by Gasteiger charge is 2.32. The number of fused-ring (bicyclic) bond motifs is 1. The summed E-state index contributed by atoms with van der Waals surface area (Å²) in [6.45, 7) is 5.50. The van der Waals surface area contributed by atoms with Gasteiger partial charge in [-0.1, -0.05) is 57.6 Å². The smallest absolute Gasteiger partial charge is 0.308 e. The molecule has 1 aliphatic heterocycles. The molecule has 0 fully saturated rings. The molecule has 1 aromatic heterocycles. The predicted octanol–water partition coefficient (Wildman–Crippen LogP) is 5.72. The van der Waals surface area contributed by atoms with Crippen LogP contribution in [0.3, 0.4) is 0 Å². The summed E-state index contributed by atoms with van der Waals surface area (Å²) in [5.41, 5.74) is 2.40. The molecule has 0 unspecified atom stereocenters. The lowest BCUT2D eigenvalue weighted by Crippen LogP contribution is -2.40. The minimum absolute atomic E-state index is 0.290. The maximum Gasteiger partial charge on any atom is 0.308 e. The Balaban J connectivity index is 1.69. The Morgan fingerprint density at radius 1 is 1.10 bits per heavy atom. The first-order valence-electron chi connectivity index (χ1n) is 13.0. The number of esters is 1. The first-order chi connectivity index (χ1) is 20.2. The summed E-state index contributed by atoms with van der Waals surface area (Å²) in [5.74, 6) is 0.125. The molecule has 1 N–H and O–H groups in total. The van der Waals surface area contributed by atoms with Gasteiger partial charge in [0.15, 0.2) is 10.6 Å². The minimum Gasteiger partial charge on any atom is -0.494 e. The molecule has 1 atom stereocenters. The fraction of sp³-hybridized carbons (Fsp3) is 0.161. The first kappa shape index (κ1) is 29.7.